The molecule has 0 unspecified atom stereocenters. The number of benzene rings is 2. The highest BCUT2D eigenvalue weighted by Crippen LogP contribution is 2.18. The summed E-state index contributed by atoms with van der Waals surface area (Å²) in [6.07, 6.45) is 0.809. The van der Waals surface area contributed by atoms with Crippen molar-refractivity contribution in [3.63, 3.8) is 0 Å². The normalized spacial score (nSPS) is 10.4. The molecule has 0 aliphatic carbocycles. The molecule has 0 saturated heterocycles. The van der Waals surface area contributed by atoms with Gasteiger partial charge in [0.15, 0.2) is 0 Å². The summed E-state index contributed by atoms with van der Waals surface area (Å²) in [6, 6.07) is 15.1. The van der Waals surface area contributed by atoms with Gasteiger partial charge in [-0.15, -0.1) is 0 Å². The monoisotopic (exact) mass is 365 g/mol. The fraction of sp³-hybridized carbons (Fsp3) is 0.167. The minimum absolute atomic E-state index is 0.215. The number of anilines is 6. The lowest BCUT2D eigenvalue weighted by Crippen LogP contribution is -2.16. The Labute approximate surface area is 157 Å². The molecule has 2 aromatic carbocycles. The SMILES string of the molecule is NCNc1nc(NCCc2ccc(N)cc2)nc(Nc2cccc(N)c2)n1. The molecule has 0 radical (unpaired) electrons. The molecule has 9 nitrogen and oxygen atoms in total. The predicted molar refractivity (Wildman–Crippen MR) is 110 cm³/mol. The molecule has 0 amide bonds. The molecule has 0 aliphatic rings. The number of nitrogens with one attached hydrogen (secondary N) is 3. The Kier molecular flexibility index (Phi) is 5.85. The van der Waals surface area contributed by atoms with Crippen molar-refractivity contribution in [3.05, 3.63) is 54.1 Å². The highest BCUT2D eigenvalue weighted by molar-refractivity contribution is 5.60. The first-order chi connectivity index (χ1) is 13.1. The van der Waals surface area contributed by atoms with Crippen LogP contribution in [0.15, 0.2) is 48.5 Å². The van der Waals surface area contributed by atoms with Crippen LogP contribution in [0.3, 0.4) is 0 Å². The first kappa shape index (κ1) is 18.2. The van der Waals surface area contributed by atoms with Crippen molar-refractivity contribution in [2.24, 2.45) is 5.73 Å². The summed E-state index contributed by atoms with van der Waals surface area (Å²) in [5.74, 6) is 1.22. The second kappa shape index (κ2) is 8.68. The molecule has 140 valence electrons. The zero-order valence-electron chi connectivity index (χ0n) is 14.8. The first-order valence-electron chi connectivity index (χ1n) is 8.53. The van der Waals surface area contributed by atoms with Crippen LogP contribution in [0.1, 0.15) is 5.56 Å². The fourth-order valence-corrected chi connectivity index (χ4v) is 2.43. The van der Waals surface area contributed by atoms with Gasteiger partial charge < -0.3 is 33.2 Å². The maximum atomic E-state index is 5.81. The topological polar surface area (TPSA) is 153 Å². The molecule has 0 atom stereocenters. The van der Waals surface area contributed by atoms with E-state index >= 15 is 0 Å². The molecule has 0 bridgehead atoms. The molecule has 1 heterocycles. The van der Waals surface area contributed by atoms with Gasteiger partial charge >= 0.3 is 0 Å². The van der Waals surface area contributed by atoms with Crippen molar-refractivity contribution in [2.75, 3.05) is 40.6 Å². The minimum Gasteiger partial charge on any atom is -0.399 e. The molecule has 0 fully saturated rings. The third-order valence-corrected chi connectivity index (χ3v) is 3.71. The average Bonchev–Trinajstić information content (AvgIpc) is 2.64. The number of hydrogen-bond acceptors (Lipinski definition) is 9. The number of hydrogen-bond donors (Lipinski definition) is 6. The van der Waals surface area contributed by atoms with Gasteiger partial charge in [0.05, 0.1) is 6.67 Å². The second-order valence-electron chi connectivity index (χ2n) is 5.86. The minimum atomic E-state index is 0.215. The number of nitrogens with zero attached hydrogens (tertiary/aromatic N) is 3. The second-order valence-corrected chi connectivity index (χ2v) is 5.86. The van der Waals surface area contributed by atoms with E-state index < -0.39 is 0 Å². The summed E-state index contributed by atoms with van der Waals surface area (Å²) < 4.78 is 0. The highest BCUT2D eigenvalue weighted by Gasteiger charge is 2.07. The molecule has 3 rings (SSSR count). The van der Waals surface area contributed by atoms with Gasteiger partial charge in [-0.25, -0.2) is 0 Å². The summed E-state index contributed by atoms with van der Waals surface area (Å²) in [5.41, 5.74) is 20.4. The van der Waals surface area contributed by atoms with Crippen molar-refractivity contribution >= 4 is 34.9 Å². The van der Waals surface area contributed by atoms with E-state index in [-0.39, 0.29) is 6.67 Å². The van der Waals surface area contributed by atoms with Crippen LogP contribution in [0.4, 0.5) is 34.9 Å². The maximum absolute atomic E-state index is 5.81. The van der Waals surface area contributed by atoms with E-state index in [0.29, 0.717) is 30.1 Å². The molecule has 0 saturated carbocycles. The van der Waals surface area contributed by atoms with Gasteiger partial charge in [-0.2, -0.15) is 15.0 Å². The Morgan fingerprint density at radius 2 is 1.48 bits per heavy atom. The average molecular weight is 365 g/mol. The summed E-state index contributed by atoms with van der Waals surface area (Å²) in [4.78, 5) is 13.0. The third kappa shape index (κ3) is 5.44. The maximum Gasteiger partial charge on any atom is 0.233 e. The summed E-state index contributed by atoms with van der Waals surface area (Å²) in [5, 5.41) is 9.22. The zero-order chi connectivity index (χ0) is 19.1. The molecule has 1 aromatic heterocycles. The Morgan fingerprint density at radius 3 is 2.19 bits per heavy atom. The zero-order valence-corrected chi connectivity index (χ0v) is 14.8. The van der Waals surface area contributed by atoms with Gasteiger partial charge in [-0.05, 0) is 42.3 Å². The third-order valence-electron chi connectivity index (χ3n) is 3.71. The van der Waals surface area contributed by atoms with Crippen LogP contribution >= 0.6 is 0 Å². The van der Waals surface area contributed by atoms with Crippen molar-refractivity contribution in [3.8, 4) is 0 Å². The lowest BCUT2D eigenvalue weighted by Gasteiger charge is -2.11. The van der Waals surface area contributed by atoms with E-state index in [9.17, 15) is 0 Å². The summed E-state index contributed by atoms with van der Waals surface area (Å²) >= 11 is 0. The largest absolute Gasteiger partial charge is 0.399 e. The van der Waals surface area contributed by atoms with Crippen LogP contribution in [0, 0.1) is 0 Å². The number of nitrogens with two attached hydrogens (primary N) is 3. The van der Waals surface area contributed by atoms with Gasteiger partial charge in [-0.3, -0.25) is 0 Å². The van der Waals surface area contributed by atoms with Crippen LogP contribution in [-0.2, 0) is 6.42 Å². The van der Waals surface area contributed by atoms with E-state index in [1.54, 1.807) is 6.07 Å². The number of aromatic nitrogens is 3. The van der Waals surface area contributed by atoms with E-state index in [1.165, 1.54) is 5.56 Å². The molecular formula is C18H23N9. The molecular weight excluding hydrogens is 342 g/mol. The predicted octanol–water partition coefficient (Wildman–Crippen LogP) is 1.76. The molecule has 3 aromatic rings. The van der Waals surface area contributed by atoms with Gasteiger partial charge in [0.1, 0.15) is 0 Å². The van der Waals surface area contributed by atoms with Crippen LogP contribution < -0.4 is 33.2 Å². The Bertz CT molecular complexity index is 880. The lowest BCUT2D eigenvalue weighted by atomic mass is 10.1. The Hall–Kier alpha value is -3.59. The fourth-order valence-electron chi connectivity index (χ4n) is 2.43. The van der Waals surface area contributed by atoms with E-state index in [0.717, 1.165) is 17.8 Å². The van der Waals surface area contributed by atoms with Gasteiger partial charge in [0.25, 0.3) is 0 Å². The standard InChI is InChI=1S/C18H23N9/c19-11-23-17-25-16(22-9-8-12-4-6-13(20)7-5-12)26-18(27-17)24-15-3-1-2-14(21)10-15/h1-7,10H,8-9,11,19-21H2,(H3,22,23,24,25,26,27). The van der Waals surface area contributed by atoms with Crippen LogP contribution in [0.5, 0.6) is 0 Å². The van der Waals surface area contributed by atoms with E-state index in [4.69, 9.17) is 17.2 Å². The van der Waals surface area contributed by atoms with E-state index in [2.05, 4.69) is 30.9 Å². The number of nitrogen functional groups attached to an aromatic ring is 2. The van der Waals surface area contributed by atoms with Gasteiger partial charge in [-0.1, -0.05) is 18.2 Å². The van der Waals surface area contributed by atoms with Gasteiger partial charge in [0.2, 0.25) is 17.8 Å². The quantitative estimate of drug-likeness (QED) is 0.259. The smallest absolute Gasteiger partial charge is 0.233 e. The summed E-state index contributed by atoms with van der Waals surface area (Å²) in [7, 11) is 0. The van der Waals surface area contributed by atoms with Crippen molar-refractivity contribution < 1.29 is 0 Å². The summed E-state index contributed by atoms with van der Waals surface area (Å²) in [6.45, 7) is 0.875. The molecule has 9 N–H and O–H groups in total. The molecule has 0 aliphatic heterocycles. The number of rotatable bonds is 8. The molecule has 0 spiro atoms. The highest BCUT2D eigenvalue weighted by atomic mass is 15.3. The molecule has 27 heavy (non-hydrogen) atoms. The van der Waals surface area contributed by atoms with Crippen molar-refractivity contribution in [1.82, 2.24) is 15.0 Å². The molecule has 9 heteroatoms. The van der Waals surface area contributed by atoms with Crippen LogP contribution in [0.25, 0.3) is 0 Å². The Balaban J connectivity index is 1.69. The van der Waals surface area contributed by atoms with Crippen molar-refractivity contribution in [1.29, 1.82) is 0 Å². The Morgan fingerprint density at radius 1 is 0.778 bits per heavy atom. The van der Waals surface area contributed by atoms with Crippen LogP contribution in [-0.4, -0.2) is 28.2 Å². The first-order valence-corrected chi connectivity index (χ1v) is 8.53. The lowest BCUT2D eigenvalue weighted by molar-refractivity contribution is 0.957. The van der Waals surface area contributed by atoms with Gasteiger partial charge in [0, 0.05) is 23.6 Å². The van der Waals surface area contributed by atoms with Crippen molar-refractivity contribution in [2.45, 2.75) is 6.42 Å². The van der Waals surface area contributed by atoms with Crippen LogP contribution in [0.2, 0.25) is 0 Å². The van der Waals surface area contributed by atoms with E-state index in [1.807, 2.05) is 42.5 Å².